The fourth-order valence-electron chi connectivity index (χ4n) is 1.30. The normalized spacial score (nSPS) is 12.5. The van der Waals surface area contributed by atoms with Crippen LogP contribution in [-0.2, 0) is 23.9 Å². The van der Waals surface area contributed by atoms with Crippen LogP contribution >= 0.6 is 0 Å². The monoisotopic (exact) mass is 272 g/mol. The molecule has 0 aromatic rings. The zero-order chi connectivity index (χ0) is 15.1. The molecule has 108 valence electrons. The Morgan fingerprint density at radius 3 is 2.37 bits per heavy atom. The van der Waals surface area contributed by atoms with Crippen molar-refractivity contribution in [1.82, 2.24) is 10.4 Å². The molecule has 0 saturated heterocycles. The molecule has 0 aromatic carbocycles. The molecule has 0 rings (SSSR count). The first-order valence-corrected chi connectivity index (χ1v) is 5.91. The molecule has 7 nitrogen and oxygen atoms in total. The van der Waals surface area contributed by atoms with Crippen molar-refractivity contribution in [3.05, 3.63) is 0 Å². The first-order valence-electron chi connectivity index (χ1n) is 5.91. The number of hydroxylamine groups is 2. The molecule has 8 heteroatoms. The van der Waals surface area contributed by atoms with Gasteiger partial charge in [-0.3, -0.25) is 0 Å². The van der Waals surface area contributed by atoms with Crippen molar-refractivity contribution in [3.8, 4) is 0 Å². The van der Waals surface area contributed by atoms with E-state index in [2.05, 4.69) is 5.32 Å². The fourth-order valence-corrected chi connectivity index (χ4v) is 1.30. The fraction of sp³-hybridized carbons (Fsp3) is 0.818. The van der Waals surface area contributed by atoms with E-state index in [1.807, 2.05) is 0 Å². The van der Waals surface area contributed by atoms with Crippen molar-refractivity contribution in [3.63, 3.8) is 0 Å². The van der Waals surface area contributed by atoms with Crippen LogP contribution in [0.15, 0.2) is 0 Å². The van der Waals surface area contributed by atoms with E-state index in [-0.39, 0.29) is 12.9 Å². The summed E-state index contributed by atoms with van der Waals surface area (Å²) >= 11 is 0. The number of hydrogen-bond acceptors (Lipinski definition) is 6. The average molecular weight is 272 g/mol. The van der Waals surface area contributed by atoms with Crippen LogP contribution < -0.4 is 5.32 Å². The number of nitrogens with zero attached hydrogens (tertiary/aromatic N) is 1. The van der Waals surface area contributed by atoms with Crippen molar-refractivity contribution >= 4 is 19.0 Å². The summed E-state index contributed by atoms with van der Waals surface area (Å²) in [7, 11) is 3.37. The number of rotatable bonds is 7. The third-order valence-electron chi connectivity index (χ3n) is 2.12. The second-order valence-electron chi connectivity index (χ2n) is 4.94. The number of amides is 1. The molecule has 0 aliphatic heterocycles. The number of carbonyl (C=O) groups excluding carboxylic acids is 2. The Morgan fingerprint density at radius 1 is 1.37 bits per heavy atom. The van der Waals surface area contributed by atoms with Crippen LogP contribution in [0, 0.1) is 0 Å². The number of carbonyl (C=O) groups is 2. The van der Waals surface area contributed by atoms with Gasteiger partial charge in [-0.2, -0.15) is 0 Å². The summed E-state index contributed by atoms with van der Waals surface area (Å²) in [6, 6.07) is -0.856. The van der Waals surface area contributed by atoms with Crippen LogP contribution in [0.2, 0.25) is 0 Å². The molecule has 0 saturated carbocycles. The van der Waals surface area contributed by atoms with Gasteiger partial charge in [0, 0.05) is 0 Å². The molecule has 0 aliphatic carbocycles. The first-order chi connectivity index (χ1) is 8.71. The number of nitrogens with one attached hydrogen (secondary N) is 1. The van der Waals surface area contributed by atoms with Gasteiger partial charge < -0.3 is 0 Å². The Morgan fingerprint density at radius 2 is 1.95 bits per heavy atom. The van der Waals surface area contributed by atoms with E-state index in [1.54, 1.807) is 20.8 Å². The predicted molar refractivity (Wildman–Crippen MR) is 68.5 cm³/mol. The van der Waals surface area contributed by atoms with E-state index in [9.17, 15) is 14.3 Å². The van der Waals surface area contributed by atoms with Crippen molar-refractivity contribution in [2.45, 2.75) is 38.8 Å². The summed E-state index contributed by atoms with van der Waals surface area (Å²) in [5, 5.41) is 3.65. The second-order valence-corrected chi connectivity index (χ2v) is 4.94. The maximum absolute atomic E-state index is 11.9. The second kappa shape index (κ2) is 8.01. The number of likely N-dealkylation sites (N-methyl/N-ethyl adjacent to an activating group) is 1. The van der Waals surface area contributed by atoms with Gasteiger partial charge in [-0.15, -0.1) is 0 Å². The van der Waals surface area contributed by atoms with Crippen LogP contribution in [0.4, 0.5) is 0 Å². The van der Waals surface area contributed by atoms with E-state index < -0.39 is 23.5 Å². The van der Waals surface area contributed by atoms with Gasteiger partial charge in [0.05, 0.1) is 0 Å². The van der Waals surface area contributed by atoms with Crippen molar-refractivity contribution in [2.24, 2.45) is 0 Å². The van der Waals surface area contributed by atoms with Crippen LogP contribution in [-0.4, -0.2) is 56.3 Å². The molecule has 1 amide bonds. The molecule has 0 radical (unpaired) electrons. The molecular formula is C11H21BN2O5. The summed E-state index contributed by atoms with van der Waals surface area (Å²) in [6.07, 6.45) is -0.200. The summed E-state index contributed by atoms with van der Waals surface area (Å²) in [4.78, 5) is 28.3. The van der Waals surface area contributed by atoms with Gasteiger partial charge in [0.15, 0.2) is 0 Å². The maximum atomic E-state index is 11.9. The van der Waals surface area contributed by atoms with E-state index in [1.165, 1.54) is 14.2 Å². The summed E-state index contributed by atoms with van der Waals surface area (Å²) in [5.41, 5.74) is -0.623. The molecule has 0 fully saturated rings. The minimum absolute atomic E-state index is 0.0310. The van der Waals surface area contributed by atoms with Crippen LogP contribution in [0.25, 0.3) is 0 Å². The van der Waals surface area contributed by atoms with Crippen molar-refractivity contribution < 1.29 is 23.9 Å². The Hall–Kier alpha value is -1.28. The Kier molecular flexibility index (Phi) is 7.47. The molecule has 1 N–H and O–H groups in total. The summed E-state index contributed by atoms with van der Waals surface area (Å²) in [5.74, 6) is -0.969. The molecule has 0 spiro atoms. The van der Waals surface area contributed by atoms with Gasteiger partial charge in [-0.1, -0.05) is 0 Å². The number of esters is 1. The van der Waals surface area contributed by atoms with Gasteiger partial charge in [0.2, 0.25) is 0 Å². The predicted octanol–water partition coefficient (Wildman–Crippen LogP) is -0.297. The van der Waals surface area contributed by atoms with Gasteiger partial charge in [0.1, 0.15) is 0 Å². The third-order valence-corrected chi connectivity index (χ3v) is 2.12. The summed E-state index contributed by atoms with van der Waals surface area (Å²) in [6.45, 7) is 5.21. The molecular weight excluding hydrogens is 251 g/mol. The molecule has 19 heavy (non-hydrogen) atoms. The number of hydrogen-bond donors (Lipinski definition) is 1. The average Bonchev–Trinajstić information content (AvgIpc) is 2.30. The van der Waals surface area contributed by atoms with Gasteiger partial charge >= 0.3 is 113 Å². The molecule has 0 aliphatic rings. The van der Waals surface area contributed by atoms with E-state index in [0.29, 0.717) is 7.15 Å². The Bertz CT molecular complexity index is 330. The zero-order valence-corrected chi connectivity index (χ0v) is 12.1. The van der Waals surface area contributed by atoms with Gasteiger partial charge in [0.25, 0.3) is 0 Å². The summed E-state index contributed by atoms with van der Waals surface area (Å²) < 4.78 is 15.5. The molecule has 1 atom stereocenters. The molecule has 0 heterocycles. The van der Waals surface area contributed by atoms with E-state index in [0.717, 1.165) is 5.06 Å². The Balaban J connectivity index is 4.63. The van der Waals surface area contributed by atoms with Gasteiger partial charge in [-0.25, -0.2) is 0 Å². The quantitative estimate of drug-likeness (QED) is 0.389. The molecule has 0 aromatic heterocycles. The van der Waals surface area contributed by atoms with E-state index in [4.69, 9.17) is 9.57 Å². The van der Waals surface area contributed by atoms with Crippen LogP contribution in [0.1, 0.15) is 27.2 Å². The van der Waals surface area contributed by atoms with Crippen LogP contribution in [0.3, 0.4) is 0 Å². The zero-order valence-electron chi connectivity index (χ0n) is 12.1. The van der Waals surface area contributed by atoms with Gasteiger partial charge in [-0.05, 0) is 0 Å². The molecule has 1 unspecified atom stereocenters. The Labute approximate surface area is 113 Å². The minimum atomic E-state index is -0.856. The first kappa shape index (κ1) is 17.7. The standard InChI is InChI=1S/C11H21BN2O5/c1-11(2,3)19-9(15)6-8(13-7-12-17)10(16)14(4)18-5/h8,13H,6-7H2,1-5H3. The van der Waals surface area contributed by atoms with Crippen LogP contribution in [0.5, 0.6) is 0 Å². The number of ether oxygens (including phenoxy) is 1. The van der Waals surface area contributed by atoms with Crippen molar-refractivity contribution in [1.29, 1.82) is 0 Å². The van der Waals surface area contributed by atoms with Crippen molar-refractivity contribution in [2.75, 3.05) is 20.6 Å². The third kappa shape index (κ3) is 7.68. The molecule has 0 bridgehead atoms. The van der Waals surface area contributed by atoms with E-state index >= 15 is 0 Å². The SMILES string of the molecule is CON(C)C(=O)C(CC(=O)OC(C)(C)C)NCB=O. The topological polar surface area (TPSA) is 84.9 Å².